The summed E-state index contributed by atoms with van der Waals surface area (Å²) in [5, 5.41) is 3.68. The van der Waals surface area contributed by atoms with Crippen LogP contribution < -0.4 is 5.32 Å². The van der Waals surface area contributed by atoms with Crippen LogP contribution in [0.25, 0.3) is 0 Å². The average molecular weight is 294 g/mol. The molecule has 2 aliphatic rings. The molecule has 2 rings (SSSR count). The fourth-order valence-electron chi connectivity index (χ4n) is 3.53. The maximum Gasteiger partial charge on any atom is 0.222 e. The molecule has 1 N–H and O–H groups in total. The molecular weight excluding hydrogens is 260 g/mol. The molecule has 0 aromatic carbocycles. The zero-order valence-electron chi connectivity index (χ0n) is 14.5. The fraction of sp³-hybridized carbons (Fsp3) is 0.944. The van der Waals surface area contributed by atoms with Crippen molar-refractivity contribution in [3.05, 3.63) is 0 Å². The second-order valence-corrected chi connectivity index (χ2v) is 8.58. The third-order valence-corrected chi connectivity index (χ3v) is 4.72. The maximum absolute atomic E-state index is 12.4. The fourth-order valence-corrected chi connectivity index (χ4v) is 3.53. The molecule has 0 aromatic rings. The number of likely N-dealkylation sites (tertiary alicyclic amines) is 1. The minimum absolute atomic E-state index is 0.319. The molecule has 1 unspecified atom stereocenters. The summed E-state index contributed by atoms with van der Waals surface area (Å²) < 4.78 is 0. The standard InChI is InChI=1S/C18H34N2O/c1-14(12-18(2,3)4)11-17(21)20-9-7-16(8-10-20)19-13-15-5-6-15/h14-16,19H,5-13H2,1-4H3. The molecule has 1 amide bonds. The molecule has 1 heterocycles. The van der Waals surface area contributed by atoms with Crippen molar-refractivity contribution in [2.45, 2.75) is 72.3 Å². The van der Waals surface area contributed by atoms with Crippen molar-refractivity contribution in [1.82, 2.24) is 10.2 Å². The van der Waals surface area contributed by atoms with Gasteiger partial charge in [0.15, 0.2) is 0 Å². The average Bonchev–Trinajstić information content (AvgIpc) is 3.18. The summed E-state index contributed by atoms with van der Waals surface area (Å²) >= 11 is 0. The predicted octanol–water partition coefficient (Wildman–Crippen LogP) is 3.44. The molecule has 1 saturated carbocycles. The lowest BCUT2D eigenvalue weighted by molar-refractivity contribution is -0.133. The number of rotatable bonds is 6. The number of nitrogens with zero attached hydrogens (tertiary/aromatic N) is 1. The van der Waals surface area contributed by atoms with Crippen molar-refractivity contribution < 1.29 is 4.79 Å². The summed E-state index contributed by atoms with van der Waals surface area (Å²) in [5.74, 6) is 1.80. The Hall–Kier alpha value is -0.570. The SMILES string of the molecule is CC(CC(=O)N1CCC(NCC2CC2)CC1)CC(C)(C)C. The third kappa shape index (κ3) is 6.37. The van der Waals surface area contributed by atoms with E-state index in [1.807, 2.05) is 0 Å². The highest BCUT2D eigenvalue weighted by Gasteiger charge is 2.27. The van der Waals surface area contributed by atoms with E-state index < -0.39 is 0 Å². The minimum atomic E-state index is 0.319. The zero-order chi connectivity index (χ0) is 15.5. The Morgan fingerprint density at radius 1 is 1.19 bits per heavy atom. The van der Waals surface area contributed by atoms with Gasteiger partial charge in [-0.05, 0) is 55.9 Å². The summed E-state index contributed by atoms with van der Waals surface area (Å²) in [5.41, 5.74) is 0.319. The van der Waals surface area contributed by atoms with E-state index in [2.05, 4.69) is 37.9 Å². The summed E-state index contributed by atoms with van der Waals surface area (Å²) in [7, 11) is 0. The number of piperidine rings is 1. The highest BCUT2D eigenvalue weighted by molar-refractivity contribution is 5.76. The van der Waals surface area contributed by atoms with Gasteiger partial charge < -0.3 is 10.2 Å². The molecule has 0 aromatic heterocycles. The molecule has 1 saturated heterocycles. The van der Waals surface area contributed by atoms with Crippen LogP contribution in [-0.2, 0) is 4.79 Å². The first kappa shape index (κ1) is 16.8. The van der Waals surface area contributed by atoms with Crippen molar-refractivity contribution in [3.63, 3.8) is 0 Å². The highest BCUT2D eigenvalue weighted by Crippen LogP contribution is 2.28. The van der Waals surface area contributed by atoms with Crippen molar-refractivity contribution in [2.24, 2.45) is 17.3 Å². The van der Waals surface area contributed by atoms with E-state index in [1.165, 1.54) is 19.4 Å². The second kappa shape index (κ2) is 7.13. The molecule has 0 radical (unpaired) electrons. The van der Waals surface area contributed by atoms with Gasteiger partial charge in [0.1, 0.15) is 0 Å². The summed E-state index contributed by atoms with van der Waals surface area (Å²) in [6.45, 7) is 12.1. The van der Waals surface area contributed by atoms with Crippen LogP contribution in [0.15, 0.2) is 0 Å². The lowest BCUT2D eigenvalue weighted by Gasteiger charge is -2.33. The van der Waals surface area contributed by atoms with Crippen LogP contribution >= 0.6 is 0 Å². The van der Waals surface area contributed by atoms with Crippen LogP contribution in [0.2, 0.25) is 0 Å². The van der Waals surface area contributed by atoms with E-state index in [1.54, 1.807) is 0 Å². The van der Waals surface area contributed by atoms with Gasteiger partial charge in [0.05, 0.1) is 0 Å². The van der Waals surface area contributed by atoms with Gasteiger partial charge in [-0.2, -0.15) is 0 Å². The van der Waals surface area contributed by atoms with E-state index >= 15 is 0 Å². The number of amides is 1. The molecule has 0 spiro atoms. The van der Waals surface area contributed by atoms with Gasteiger partial charge in [0, 0.05) is 25.6 Å². The summed E-state index contributed by atoms with van der Waals surface area (Å²) in [6, 6.07) is 0.640. The van der Waals surface area contributed by atoms with E-state index in [-0.39, 0.29) is 0 Å². The van der Waals surface area contributed by atoms with Crippen LogP contribution in [0, 0.1) is 17.3 Å². The Labute approximate surface area is 130 Å². The number of carbonyl (C=O) groups excluding carboxylic acids is 1. The topological polar surface area (TPSA) is 32.3 Å². The molecule has 21 heavy (non-hydrogen) atoms. The van der Waals surface area contributed by atoms with Gasteiger partial charge in [0.2, 0.25) is 5.91 Å². The molecule has 3 nitrogen and oxygen atoms in total. The second-order valence-electron chi connectivity index (χ2n) is 8.58. The normalized spacial score (nSPS) is 22.4. The number of nitrogens with one attached hydrogen (secondary N) is 1. The Morgan fingerprint density at radius 2 is 1.81 bits per heavy atom. The van der Waals surface area contributed by atoms with Crippen LogP contribution in [-0.4, -0.2) is 36.5 Å². The van der Waals surface area contributed by atoms with Crippen LogP contribution in [0.1, 0.15) is 66.2 Å². The maximum atomic E-state index is 12.4. The lowest BCUT2D eigenvalue weighted by Crippen LogP contribution is -2.45. The summed E-state index contributed by atoms with van der Waals surface area (Å²) in [6.07, 6.45) is 6.93. The van der Waals surface area contributed by atoms with E-state index in [0.29, 0.717) is 23.3 Å². The van der Waals surface area contributed by atoms with Crippen LogP contribution in [0.3, 0.4) is 0 Å². The van der Waals surface area contributed by atoms with Gasteiger partial charge in [0.25, 0.3) is 0 Å². The van der Waals surface area contributed by atoms with Crippen molar-refractivity contribution in [3.8, 4) is 0 Å². The van der Waals surface area contributed by atoms with Gasteiger partial charge in [-0.3, -0.25) is 4.79 Å². The third-order valence-electron chi connectivity index (χ3n) is 4.72. The smallest absolute Gasteiger partial charge is 0.222 e. The van der Waals surface area contributed by atoms with Crippen molar-refractivity contribution in [1.29, 1.82) is 0 Å². The first-order valence-corrected chi connectivity index (χ1v) is 8.84. The van der Waals surface area contributed by atoms with Crippen molar-refractivity contribution in [2.75, 3.05) is 19.6 Å². The molecule has 122 valence electrons. The zero-order valence-corrected chi connectivity index (χ0v) is 14.5. The Bertz CT molecular complexity index is 336. The van der Waals surface area contributed by atoms with E-state index in [9.17, 15) is 4.79 Å². The first-order chi connectivity index (χ1) is 9.83. The lowest BCUT2D eigenvalue weighted by atomic mass is 9.84. The summed E-state index contributed by atoms with van der Waals surface area (Å²) in [4.78, 5) is 14.5. The number of carbonyl (C=O) groups is 1. The monoisotopic (exact) mass is 294 g/mol. The van der Waals surface area contributed by atoms with Gasteiger partial charge in [-0.1, -0.05) is 27.7 Å². The predicted molar refractivity (Wildman–Crippen MR) is 88.2 cm³/mol. The molecule has 1 aliphatic carbocycles. The van der Waals surface area contributed by atoms with Crippen LogP contribution in [0.4, 0.5) is 0 Å². The molecule has 1 atom stereocenters. The van der Waals surface area contributed by atoms with Gasteiger partial charge in [-0.25, -0.2) is 0 Å². The molecule has 0 bridgehead atoms. The molecule has 3 heteroatoms. The van der Waals surface area contributed by atoms with Crippen LogP contribution in [0.5, 0.6) is 0 Å². The minimum Gasteiger partial charge on any atom is -0.343 e. The van der Waals surface area contributed by atoms with E-state index in [0.717, 1.165) is 44.7 Å². The Balaban J connectivity index is 1.64. The largest absolute Gasteiger partial charge is 0.343 e. The quantitative estimate of drug-likeness (QED) is 0.814. The van der Waals surface area contributed by atoms with Gasteiger partial charge >= 0.3 is 0 Å². The van der Waals surface area contributed by atoms with Crippen molar-refractivity contribution >= 4 is 5.91 Å². The number of hydrogen-bond donors (Lipinski definition) is 1. The van der Waals surface area contributed by atoms with E-state index in [4.69, 9.17) is 0 Å². The highest BCUT2D eigenvalue weighted by atomic mass is 16.2. The number of hydrogen-bond acceptors (Lipinski definition) is 2. The Morgan fingerprint density at radius 3 is 2.33 bits per heavy atom. The van der Waals surface area contributed by atoms with Gasteiger partial charge in [-0.15, -0.1) is 0 Å². The molecular formula is C18H34N2O. The molecule has 2 fully saturated rings. The first-order valence-electron chi connectivity index (χ1n) is 8.84. The Kier molecular flexibility index (Phi) is 5.70. The molecule has 1 aliphatic heterocycles.